The zero-order chi connectivity index (χ0) is 25.7. The SMILES string of the molecule is COc1ccc(Cc2nc3ccccc3n2CC(=O)N/N=C\c2cccc([N+](=O)[O-])c2O)cc1OC. The Bertz CT molecular complexity index is 1460. The molecule has 1 amide bonds. The standard InChI is InChI=1S/C25H23N5O6/c1-35-21-11-10-16(12-22(21)36-2)13-23-27-18-7-3-4-8-19(18)29(23)15-24(31)28-26-14-17-6-5-9-20(25(17)32)30(33)34/h3-12,14,32H,13,15H2,1-2H3,(H,28,31)/b26-14-. The number of nitrogens with one attached hydrogen (secondary N) is 1. The molecule has 0 unspecified atom stereocenters. The van der Waals surface area contributed by atoms with Crippen LogP contribution in [0.15, 0.2) is 65.8 Å². The molecule has 1 aromatic heterocycles. The van der Waals surface area contributed by atoms with Crippen molar-refractivity contribution in [2.24, 2.45) is 5.10 Å². The van der Waals surface area contributed by atoms with E-state index >= 15 is 0 Å². The van der Waals surface area contributed by atoms with Gasteiger partial charge in [0.1, 0.15) is 12.4 Å². The Balaban J connectivity index is 1.55. The number of amides is 1. The van der Waals surface area contributed by atoms with Gasteiger partial charge in [0.05, 0.1) is 36.4 Å². The van der Waals surface area contributed by atoms with Gasteiger partial charge in [0.2, 0.25) is 5.75 Å². The zero-order valence-corrected chi connectivity index (χ0v) is 19.5. The monoisotopic (exact) mass is 489 g/mol. The maximum Gasteiger partial charge on any atom is 0.311 e. The number of benzene rings is 3. The van der Waals surface area contributed by atoms with E-state index in [9.17, 15) is 20.0 Å². The highest BCUT2D eigenvalue weighted by atomic mass is 16.6. The van der Waals surface area contributed by atoms with Gasteiger partial charge < -0.3 is 19.1 Å². The molecule has 0 bridgehead atoms. The average Bonchev–Trinajstić information content (AvgIpc) is 3.21. The largest absolute Gasteiger partial charge is 0.502 e. The van der Waals surface area contributed by atoms with Crippen molar-refractivity contribution in [1.82, 2.24) is 15.0 Å². The van der Waals surface area contributed by atoms with Crippen LogP contribution in [-0.2, 0) is 17.8 Å². The summed E-state index contributed by atoms with van der Waals surface area (Å²) < 4.78 is 12.5. The Morgan fingerprint density at radius 1 is 1.14 bits per heavy atom. The van der Waals surface area contributed by atoms with Gasteiger partial charge >= 0.3 is 5.69 Å². The summed E-state index contributed by atoms with van der Waals surface area (Å²) in [5.41, 5.74) is 4.50. The van der Waals surface area contributed by atoms with Crippen LogP contribution in [0.1, 0.15) is 17.0 Å². The Labute approximate surface area is 205 Å². The number of nitrogens with zero attached hydrogens (tertiary/aromatic N) is 4. The molecule has 4 rings (SSSR count). The molecule has 2 N–H and O–H groups in total. The van der Waals surface area contributed by atoms with Gasteiger partial charge in [0, 0.05) is 18.1 Å². The van der Waals surface area contributed by atoms with E-state index in [1.807, 2.05) is 42.5 Å². The van der Waals surface area contributed by atoms with Gasteiger partial charge in [0.25, 0.3) is 5.91 Å². The summed E-state index contributed by atoms with van der Waals surface area (Å²) in [6, 6.07) is 17.1. The summed E-state index contributed by atoms with van der Waals surface area (Å²) in [4.78, 5) is 27.7. The van der Waals surface area contributed by atoms with Crippen LogP contribution < -0.4 is 14.9 Å². The molecule has 1 heterocycles. The number of rotatable bonds is 9. The van der Waals surface area contributed by atoms with Crippen molar-refractivity contribution >= 4 is 28.8 Å². The van der Waals surface area contributed by atoms with Crippen molar-refractivity contribution in [1.29, 1.82) is 0 Å². The molecule has 36 heavy (non-hydrogen) atoms. The normalized spacial score (nSPS) is 11.1. The Kier molecular flexibility index (Phi) is 7.10. The summed E-state index contributed by atoms with van der Waals surface area (Å²) in [6.45, 7) is -0.0681. The number of hydrazone groups is 1. The van der Waals surface area contributed by atoms with Crippen LogP contribution in [-0.4, -0.2) is 45.9 Å². The summed E-state index contributed by atoms with van der Waals surface area (Å²) in [7, 11) is 3.13. The molecule has 0 atom stereocenters. The number of carbonyl (C=O) groups excluding carboxylic acids is 1. The van der Waals surface area contributed by atoms with Gasteiger partial charge in [-0.2, -0.15) is 5.10 Å². The maximum absolute atomic E-state index is 12.7. The van der Waals surface area contributed by atoms with E-state index in [1.165, 1.54) is 18.2 Å². The first-order valence-corrected chi connectivity index (χ1v) is 10.8. The summed E-state index contributed by atoms with van der Waals surface area (Å²) >= 11 is 0. The van der Waals surface area contributed by atoms with Crippen LogP contribution in [0.4, 0.5) is 5.69 Å². The molecule has 4 aromatic rings. The van der Waals surface area contributed by atoms with Gasteiger partial charge in [-0.1, -0.05) is 24.3 Å². The van der Waals surface area contributed by atoms with E-state index in [0.717, 1.165) is 22.8 Å². The number of fused-ring (bicyclic) bond motifs is 1. The van der Waals surface area contributed by atoms with E-state index in [2.05, 4.69) is 10.5 Å². The molecule has 0 aliphatic rings. The summed E-state index contributed by atoms with van der Waals surface area (Å²) in [5, 5.41) is 24.9. The lowest BCUT2D eigenvalue weighted by molar-refractivity contribution is -0.385. The van der Waals surface area contributed by atoms with Gasteiger partial charge in [-0.15, -0.1) is 0 Å². The molecule has 0 saturated carbocycles. The molecule has 0 radical (unpaired) electrons. The number of phenolic OH excluding ortho intramolecular Hbond substituents is 1. The first-order valence-electron chi connectivity index (χ1n) is 10.8. The number of nitro groups is 1. The van der Waals surface area contributed by atoms with Crippen molar-refractivity contribution in [3.63, 3.8) is 0 Å². The number of ether oxygens (including phenoxy) is 2. The highest BCUT2D eigenvalue weighted by Crippen LogP contribution is 2.29. The fourth-order valence-corrected chi connectivity index (χ4v) is 3.76. The second-order valence-electron chi connectivity index (χ2n) is 7.73. The first-order chi connectivity index (χ1) is 17.4. The van der Waals surface area contributed by atoms with Crippen LogP contribution in [0.3, 0.4) is 0 Å². The quantitative estimate of drug-likeness (QED) is 0.208. The first kappa shape index (κ1) is 24.2. The third-order valence-electron chi connectivity index (χ3n) is 5.48. The third-order valence-corrected chi connectivity index (χ3v) is 5.48. The molecule has 184 valence electrons. The molecule has 3 aromatic carbocycles. The van der Waals surface area contributed by atoms with E-state index in [4.69, 9.17) is 14.5 Å². The van der Waals surface area contributed by atoms with Crippen molar-refractivity contribution in [3.05, 3.63) is 87.7 Å². The van der Waals surface area contributed by atoms with Crippen LogP contribution >= 0.6 is 0 Å². The fraction of sp³-hybridized carbons (Fsp3) is 0.160. The lowest BCUT2D eigenvalue weighted by atomic mass is 10.1. The molecular weight excluding hydrogens is 466 g/mol. The smallest absolute Gasteiger partial charge is 0.311 e. The van der Waals surface area contributed by atoms with Crippen LogP contribution in [0.25, 0.3) is 11.0 Å². The number of methoxy groups -OCH3 is 2. The van der Waals surface area contributed by atoms with E-state index in [0.29, 0.717) is 23.7 Å². The molecule has 11 nitrogen and oxygen atoms in total. The lowest BCUT2D eigenvalue weighted by Gasteiger charge is -2.11. The number of hydrogen-bond acceptors (Lipinski definition) is 8. The van der Waals surface area contributed by atoms with E-state index in [-0.39, 0.29) is 12.1 Å². The Morgan fingerprint density at radius 3 is 2.67 bits per heavy atom. The van der Waals surface area contributed by atoms with Gasteiger partial charge in [0.15, 0.2) is 11.5 Å². The Morgan fingerprint density at radius 2 is 1.92 bits per heavy atom. The predicted molar refractivity (Wildman–Crippen MR) is 133 cm³/mol. The minimum Gasteiger partial charge on any atom is -0.502 e. The fourth-order valence-electron chi connectivity index (χ4n) is 3.76. The minimum atomic E-state index is -0.699. The van der Waals surface area contributed by atoms with E-state index < -0.39 is 22.3 Å². The highest BCUT2D eigenvalue weighted by Gasteiger charge is 2.17. The van der Waals surface area contributed by atoms with Crippen molar-refractivity contribution in [2.45, 2.75) is 13.0 Å². The Hall–Kier alpha value is -4.93. The van der Waals surface area contributed by atoms with E-state index in [1.54, 1.807) is 18.8 Å². The number of aromatic nitrogens is 2. The zero-order valence-electron chi connectivity index (χ0n) is 19.5. The molecular formula is C25H23N5O6. The third kappa shape index (κ3) is 5.09. The van der Waals surface area contributed by atoms with Gasteiger partial charge in [-0.05, 0) is 35.9 Å². The summed E-state index contributed by atoms with van der Waals surface area (Å²) in [5.74, 6) is 0.904. The molecule has 0 aliphatic heterocycles. The van der Waals surface area contributed by atoms with Crippen molar-refractivity contribution in [2.75, 3.05) is 14.2 Å². The minimum absolute atomic E-state index is 0.0681. The number of hydrogen-bond donors (Lipinski definition) is 2. The summed E-state index contributed by atoms with van der Waals surface area (Å²) in [6.07, 6.45) is 1.59. The number of para-hydroxylation sites is 3. The van der Waals surface area contributed by atoms with Crippen molar-refractivity contribution < 1.29 is 24.3 Å². The number of phenols is 1. The highest BCUT2D eigenvalue weighted by molar-refractivity contribution is 5.87. The number of nitro benzene ring substituents is 1. The molecule has 0 fully saturated rings. The van der Waals surface area contributed by atoms with Crippen LogP contribution in [0.2, 0.25) is 0 Å². The number of imidazole rings is 1. The maximum atomic E-state index is 12.7. The van der Waals surface area contributed by atoms with Gasteiger partial charge in [-0.3, -0.25) is 14.9 Å². The van der Waals surface area contributed by atoms with Crippen LogP contribution in [0, 0.1) is 10.1 Å². The average molecular weight is 489 g/mol. The number of aromatic hydroxyl groups is 1. The lowest BCUT2D eigenvalue weighted by Crippen LogP contribution is -2.24. The second-order valence-corrected chi connectivity index (χ2v) is 7.73. The predicted octanol–water partition coefficient (Wildman–Crippen LogP) is 3.41. The molecule has 0 aliphatic carbocycles. The van der Waals surface area contributed by atoms with Gasteiger partial charge in [-0.25, -0.2) is 10.4 Å². The molecule has 0 saturated heterocycles. The molecule has 0 spiro atoms. The second kappa shape index (κ2) is 10.6. The molecule has 11 heteroatoms. The van der Waals surface area contributed by atoms with Crippen LogP contribution in [0.5, 0.6) is 17.2 Å². The van der Waals surface area contributed by atoms with Crippen molar-refractivity contribution in [3.8, 4) is 17.2 Å². The number of carbonyl (C=O) groups is 1. The topological polar surface area (TPSA) is 141 Å².